The maximum atomic E-state index is 12.7. The zero-order chi connectivity index (χ0) is 32.1. The zero-order valence-electron chi connectivity index (χ0n) is 26.1. The molecule has 1 aromatic rings. The maximum Gasteiger partial charge on any atom is 0.305 e. The Labute approximate surface area is 254 Å². The maximum absolute atomic E-state index is 12.7. The largest absolute Gasteiger partial charge is 0.469 e. The van der Waals surface area contributed by atoms with Gasteiger partial charge in [-0.2, -0.15) is 0 Å². The number of hydrogen-bond acceptors (Lipinski definition) is 8. The fraction of sp³-hybridized carbons (Fsp3) is 0.424. The van der Waals surface area contributed by atoms with Crippen molar-refractivity contribution in [2.24, 2.45) is 10.1 Å². The van der Waals surface area contributed by atoms with Crippen molar-refractivity contribution < 1.29 is 28.0 Å². The first-order valence-electron chi connectivity index (χ1n) is 14.3. The predicted octanol–water partition coefficient (Wildman–Crippen LogP) is 5.94. The molecule has 43 heavy (non-hydrogen) atoms. The van der Waals surface area contributed by atoms with Gasteiger partial charge in [-0.3, -0.25) is 19.5 Å². The molecule has 0 spiro atoms. The second kappa shape index (κ2) is 20.5. The highest BCUT2D eigenvalue weighted by Crippen LogP contribution is 2.30. The van der Waals surface area contributed by atoms with Crippen LogP contribution in [0, 0.1) is 0 Å². The molecule has 0 fully saturated rings. The van der Waals surface area contributed by atoms with Crippen LogP contribution in [0.1, 0.15) is 78.5 Å². The second-order valence-corrected chi connectivity index (χ2v) is 9.52. The van der Waals surface area contributed by atoms with Gasteiger partial charge in [0.25, 0.3) is 0 Å². The van der Waals surface area contributed by atoms with Crippen LogP contribution >= 0.6 is 0 Å². The number of carbonyl (C=O) groups is 2. The standard InChI is InChI=1S/C33H45FN4O5/c1-8-12-16-26(20-22-33(5,43-35-6)32-37-28(10-3)29(11-4)42-32)21-24-36-30(18-13-14-19-31(40)41-7)38(25-39)27(9-2)17-15-23-34/h9-12,15-17,21,23,25H,2,6,8,13-14,18-20,22,24H2,1,3-5,7H3/b16-12-,23-15+,26-21+,27-17+,28-10+,29-11+,36-30-. The van der Waals surface area contributed by atoms with Crippen molar-refractivity contribution >= 4 is 37.1 Å². The van der Waals surface area contributed by atoms with Gasteiger partial charge in [-0.1, -0.05) is 43.4 Å². The Bertz CT molecular complexity index is 1310. The lowest BCUT2D eigenvalue weighted by Crippen LogP contribution is -2.28. The molecule has 1 rings (SSSR count). The van der Waals surface area contributed by atoms with E-state index in [4.69, 9.17) is 19.0 Å². The summed E-state index contributed by atoms with van der Waals surface area (Å²) < 4.78 is 23.4. The van der Waals surface area contributed by atoms with E-state index < -0.39 is 5.60 Å². The third kappa shape index (κ3) is 12.2. The molecule has 10 heteroatoms. The Balaban J connectivity index is 3.34. The van der Waals surface area contributed by atoms with E-state index in [-0.39, 0.29) is 18.9 Å². The van der Waals surface area contributed by atoms with Crippen LogP contribution in [-0.2, 0) is 24.8 Å². The van der Waals surface area contributed by atoms with Crippen LogP contribution in [0.2, 0.25) is 0 Å². The van der Waals surface area contributed by atoms with Crippen LogP contribution < -0.4 is 10.8 Å². The minimum atomic E-state index is -0.962. The fourth-order valence-electron chi connectivity index (χ4n) is 4.07. The highest BCUT2D eigenvalue weighted by molar-refractivity contribution is 5.93. The van der Waals surface area contributed by atoms with Crippen LogP contribution in [0.3, 0.4) is 0 Å². The average molecular weight is 597 g/mol. The molecule has 1 atom stereocenters. The Morgan fingerprint density at radius 2 is 1.95 bits per heavy atom. The molecule has 0 bridgehead atoms. The van der Waals surface area contributed by atoms with E-state index in [1.165, 1.54) is 30.2 Å². The van der Waals surface area contributed by atoms with Gasteiger partial charge in [0.1, 0.15) is 16.6 Å². The number of methoxy groups -OCH3 is 1. The summed E-state index contributed by atoms with van der Waals surface area (Å²) in [5, 5.41) is 4.41. The number of carbonyl (C=O) groups excluding carboxylic acids is 2. The summed E-state index contributed by atoms with van der Waals surface area (Å²) in [5.41, 5.74) is 1.05. The van der Waals surface area contributed by atoms with E-state index in [1.807, 2.05) is 58.1 Å². The third-order valence-corrected chi connectivity index (χ3v) is 6.49. The van der Waals surface area contributed by atoms with Crippen LogP contribution in [-0.4, -0.2) is 48.5 Å². The molecular formula is C33H45FN4O5. The summed E-state index contributed by atoms with van der Waals surface area (Å²) >= 11 is 0. The Morgan fingerprint density at radius 3 is 2.51 bits per heavy atom. The SMILES string of the molecule is C=C/C(=C\C=C\F)N(C=O)/C(CCCCC(=O)OC)=N\C/C=C(\C=C/CC)CCC(C)(ON=C)c1nc(=C/C)/c(=C\C)o1. The highest BCUT2D eigenvalue weighted by Gasteiger charge is 2.34. The Hall–Kier alpha value is -4.34. The van der Waals surface area contributed by atoms with Gasteiger partial charge in [0.15, 0.2) is 0 Å². The first-order valence-corrected chi connectivity index (χ1v) is 14.3. The topological polar surface area (TPSA) is 107 Å². The fourth-order valence-corrected chi connectivity index (χ4v) is 4.07. The molecule has 0 aromatic carbocycles. The van der Waals surface area contributed by atoms with Crippen molar-refractivity contribution in [2.45, 2.75) is 78.2 Å². The second-order valence-electron chi connectivity index (χ2n) is 9.52. The normalized spacial score (nSPS) is 15.2. The molecule has 0 radical (unpaired) electrons. The first kappa shape index (κ1) is 36.7. The molecule has 234 valence electrons. The van der Waals surface area contributed by atoms with E-state index in [0.29, 0.717) is 67.7 Å². The Morgan fingerprint density at radius 1 is 1.21 bits per heavy atom. The molecule has 1 amide bonds. The number of ether oxygens (including phenoxy) is 1. The molecule has 0 saturated heterocycles. The molecule has 0 saturated carbocycles. The van der Waals surface area contributed by atoms with Gasteiger partial charge in [-0.05, 0) is 70.8 Å². The molecule has 1 unspecified atom stereocenters. The lowest BCUT2D eigenvalue weighted by molar-refractivity contribution is -0.140. The van der Waals surface area contributed by atoms with Gasteiger partial charge >= 0.3 is 5.97 Å². The molecular weight excluding hydrogens is 551 g/mol. The summed E-state index contributed by atoms with van der Waals surface area (Å²) in [5.74, 6) is 0.560. The summed E-state index contributed by atoms with van der Waals surface area (Å²) in [7, 11) is 1.34. The van der Waals surface area contributed by atoms with Gasteiger partial charge in [-0.25, -0.2) is 9.37 Å². The van der Waals surface area contributed by atoms with E-state index >= 15 is 0 Å². The van der Waals surface area contributed by atoms with E-state index in [2.05, 4.69) is 23.4 Å². The van der Waals surface area contributed by atoms with Crippen molar-refractivity contribution in [2.75, 3.05) is 13.7 Å². The number of unbranched alkanes of at least 4 members (excludes halogenated alkanes) is 1. The first-order chi connectivity index (χ1) is 20.8. The lowest BCUT2D eigenvalue weighted by atomic mass is 9.96. The number of amidine groups is 1. The number of halogens is 1. The van der Waals surface area contributed by atoms with E-state index in [9.17, 15) is 14.0 Å². The quantitative estimate of drug-likeness (QED) is 0.0372. The van der Waals surface area contributed by atoms with Gasteiger partial charge in [-0.15, -0.1) is 5.16 Å². The van der Waals surface area contributed by atoms with E-state index in [1.54, 1.807) is 0 Å². The number of oxime groups is 1. The average Bonchev–Trinajstić information content (AvgIpc) is 3.46. The zero-order valence-corrected chi connectivity index (χ0v) is 26.1. The van der Waals surface area contributed by atoms with Crippen molar-refractivity contribution in [3.8, 4) is 0 Å². The summed E-state index contributed by atoms with van der Waals surface area (Å²) in [6.45, 7) is 15.2. The molecule has 0 aliphatic rings. The van der Waals surface area contributed by atoms with Crippen molar-refractivity contribution in [3.63, 3.8) is 0 Å². The minimum Gasteiger partial charge on any atom is -0.469 e. The van der Waals surface area contributed by atoms with Gasteiger partial charge in [0.2, 0.25) is 17.9 Å². The molecule has 1 aromatic heterocycles. The van der Waals surface area contributed by atoms with E-state index in [0.717, 1.165) is 17.3 Å². The van der Waals surface area contributed by atoms with Crippen LogP contribution in [0.25, 0.3) is 12.2 Å². The number of amides is 1. The molecule has 9 nitrogen and oxygen atoms in total. The van der Waals surface area contributed by atoms with Gasteiger partial charge in [0, 0.05) is 31.7 Å². The van der Waals surface area contributed by atoms with Crippen LogP contribution in [0.4, 0.5) is 4.39 Å². The minimum absolute atomic E-state index is 0.256. The highest BCUT2D eigenvalue weighted by atomic mass is 19.1. The smallest absolute Gasteiger partial charge is 0.305 e. The predicted molar refractivity (Wildman–Crippen MR) is 170 cm³/mol. The summed E-state index contributed by atoms with van der Waals surface area (Å²) in [6.07, 6.45) is 18.5. The lowest BCUT2D eigenvalue weighted by Gasteiger charge is -2.23. The number of nitrogens with zero attached hydrogens (tertiary/aromatic N) is 4. The molecule has 1 heterocycles. The number of hydrogen-bond donors (Lipinski definition) is 0. The molecule has 0 aliphatic heterocycles. The Kier molecular flexibility index (Phi) is 17.5. The third-order valence-electron chi connectivity index (χ3n) is 6.49. The number of esters is 1. The van der Waals surface area contributed by atoms with Crippen molar-refractivity contribution in [1.82, 2.24) is 9.88 Å². The summed E-state index contributed by atoms with van der Waals surface area (Å²) in [6, 6.07) is 0. The summed E-state index contributed by atoms with van der Waals surface area (Å²) in [4.78, 5) is 40.0. The monoisotopic (exact) mass is 596 g/mol. The van der Waals surface area contributed by atoms with Gasteiger partial charge < -0.3 is 14.0 Å². The van der Waals surface area contributed by atoms with Crippen LogP contribution in [0.15, 0.2) is 75.2 Å². The number of allylic oxidation sites excluding steroid dienone is 6. The number of aliphatic imine (C=N–C) groups is 1. The van der Waals surface area contributed by atoms with Crippen molar-refractivity contribution in [3.05, 3.63) is 77.3 Å². The van der Waals surface area contributed by atoms with Crippen LogP contribution in [0.5, 0.6) is 0 Å². The molecule has 0 aliphatic carbocycles. The number of rotatable bonds is 19. The number of oxazole rings is 1. The molecule has 0 N–H and O–H groups in total. The van der Waals surface area contributed by atoms with Gasteiger partial charge in [0.05, 0.1) is 20.0 Å². The van der Waals surface area contributed by atoms with Crippen molar-refractivity contribution in [1.29, 1.82) is 0 Å². The number of aromatic nitrogens is 1.